The Kier molecular flexibility index (Phi) is 7.92. The van der Waals surface area contributed by atoms with Crippen LogP contribution < -0.4 is 0 Å². The minimum atomic E-state index is 0.665. The molecule has 1 aliphatic rings. The predicted octanol–water partition coefficient (Wildman–Crippen LogP) is 4.13. The van der Waals surface area contributed by atoms with E-state index in [1.165, 1.54) is 70.9 Å². The highest BCUT2D eigenvalue weighted by Crippen LogP contribution is 2.27. The fraction of sp³-hybridized carbons (Fsp3) is 0.889. The van der Waals surface area contributed by atoms with Crippen LogP contribution in [0.4, 0.5) is 0 Å². The fourth-order valence-electron chi connectivity index (χ4n) is 3.62. The van der Waals surface area contributed by atoms with Crippen LogP contribution in [0, 0.1) is 5.92 Å². The van der Waals surface area contributed by atoms with Crippen LogP contribution in [0.1, 0.15) is 71.6 Å². The van der Waals surface area contributed by atoms with Crippen molar-refractivity contribution in [2.24, 2.45) is 5.92 Å². The van der Waals surface area contributed by atoms with Crippen molar-refractivity contribution in [1.82, 2.24) is 19.7 Å². The topological polar surface area (TPSA) is 34.0 Å². The van der Waals surface area contributed by atoms with Gasteiger partial charge in [0.25, 0.3) is 0 Å². The van der Waals surface area contributed by atoms with E-state index in [9.17, 15) is 0 Å². The summed E-state index contributed by atoms with van der Waals surface area (Å²) in [6.07, 6.45) is 16.1. The summed E-state index contributed by atoms with van der Waals surface area (Å²) in [5, 5.41) is 4.16. The molecule has 2 rings (SSSR count). The Balaban J connectivity index is 1.57. The first kappa shape index (κ1) is 17.5. The lowest BCUT2D eigenvalue weighted by Crippen LogP contribution is -2.33. The third kappa shape index (κ3) is 6.47. The lowest BCUT2D eigenvalue weighted by molar-refractivity contribution is 0.202. The zero-order chi connectivity index (χ0) is 15.6. The van der Waals surface area contributed by atoms with Crippen LogP contribution in [0.25, 0.3) is 0 Å². The molecule has 1 heterocycles. The van der Waals surface area contributed by atoms with Gasteiger partial charge in [0.15, 0.2) is 0 Å². The quantitative estimate of drug-likeness (QED) is 0.610. The van der Waals surface area contributed by atoms with Crippen molar-refractivity contribution < 1.29 is 0 Å². The van der Waals surface area contributed by atoms with E-state index < -0.39 is 0 Å². The second-order valence-electron chi connectivity index (χ2n) is 7.14. The lowest BCUT2D eigenvalue weighted by atomic mass is 9.86. The molecule has 0 aliphatic heterocycles. The Morgan fingerprint density at radius 2 is 1.86 bits per heavy atom. The average Bonchev–Trinajstić information content (AvgIpc) is 3.03. The van der Waals surface area contributed by atoms with E-state index in [1.54, 1.807) is 6.33 Å². The molecule has 0 aromatic carbocycles. The molecule has 4 heteroatoms. The zero-order valence-electron chi connectivity index (χ0n) is 14.6. The maximum atomic E-state index is 4.16. The molecule has 0 saturated heterocycles. The van der Waals surface area contributed by atoms with E-state index >= 15 is 0 Å². The van der Waals surface area contributed by atoms with E-state index in [0.717, 1.165) is 12.5 Å². The molecule has 1 aromatic rings. The summed E-state index contributed by atoms with van der Waals surface area (Å²) >= 11 is 0. The Labute approximate surface area is 136 Å². The average molecular weight is 306 g/mol. The van der Waals surface area contributed by atoms with Crippen molar-refractivity contribution in [3.63, 3.8) is 0 Å². The van der Waals surface area contributed by atoms with Crippen LogP contribution in [0.5, 0.6) is 0 Å². The SMILES string of the molecule is CC(C)N(CCCCn1cncn1)CCCC1CCCCC1. The number of rotatable bonds is 10. The Bertz CT molecular complexity index is 368. The van der Waals surface area contributed by atoms with Gasteiger partial charge in [0.05, 0.1) is 0 Å². The van der Waals surface area contributed by atoms with Crippen molar-refractivity contribution in [2.45, 2.75) is 84.2 Å². The molecular formula is C18H34N4. The van der Waals surface area contributed by atoms with Gasteiger partial charge in [0.1, 0.15) is 12.7 Å². The van der Waals surface area contributed by atoms with E-state index in [2.05, 4.69) is 28.8 Å². The molecule has 0 amide bonds. The first-order valence-electron chi connectivity index (χ1n) is 9.32. The fourth-order valence-corrected chi connectivity index (χ4v) is 3.62. The highest BCUT2D eigenvalue weighted by molar-refractivity contribution is 4.69. The third-order valence-corrected chi connectivity index (χ3v) is 5.06. The van der Waals surface area contributed by atoms with Crippen LogP contribution in [0.3, 0.4) is 0 Å². The van der Waals surface area contributed by atoms with Crippen LogP contribution in [-0.2, 0) is 6.54 Å². The summed E-state index contributed by atoms with van der Waals surface area (Å²) in [5.74, 6) is 1.02. The monoisotopic (exact) mass is 306 g/mol. The predicted molar refractivity (Wildman–Crippen MR) is 91.8 cm³/mol. The molecule has 126 valence electrons. The van der Waals surface area contributed by atoms with Gasteiger partial charge < -0.3 is 4.90 Å². The maximum Gasteiger partial charge on any atom is 0.137 e. The molecule has 1 aliphatic carbocycles. The van der Waals surface area contributed by atoms with Crippen molar-refractivity contribution >= 4 is 0 Å². The minimum Gasteiger partial charge on any atom is -0.301 e. The van der Waals surface area contributed by atoms with E-state index in [1.807, 2.05) is 11.0 Å². The highest BCUT2D eigenvalue weighted by Gasteiger charge is 2.14. The van der Waals surface area contributed by atoms with Gasteiger partial charge in [-0.2, -0.15) is 5.10 Å². The summed E-state index contributed by atoms with van der Waals surface area (Å²) in [5.41, 5.74) is 0. The molecule has 4 nitrogen and oxygen atoms in total. The number of unbranched alkanes of at least 4 members (excludes halogenated alkanes) is 1. The first-order chi connectivity index (χ1) is 10.8. The smallest absolute Gasteiger partial charge is 0.137 e. The Hall–Kier alpha value is -0.900. The molecule has 1 saturated carbocycles. The molecule has 1 fully saturated rings. The summed E-state index contributed by atoms with van der Waals surface area (Å²) < 4.78 is 1.93. The van der Waals surface area contributed by atoms with E-state index in [4.69, 9.17) is 0 Å². The molecule has 0 spiro atoms. The van der Waals surface area contributed by atoms with Crippen molar-refractivity contribution in [2.75, 3.05) is 13.1 Å². The second kappa shape index (κ2) is 9.98. The largest absolute Gasteiger partial charge is 0.301 e. The first-order valence-corrected chi connectivity index (χ1v) is 9.32. The van der Waals surface area contributed by atoms with Crippen molar-refractivity contribution in [1.29, 1.82) is 0 Å². The van der Waals surface area contributed by atoms with Gasteiger partial charge in [0, 0.05) is 12.6 Å². The van der Waals surface area contributed by atoms with Gasteiger partial charge in [0.2, 0.25) is 0 Å². The summed E-state index contributed by atoms with van der Waals surface area (Å²) in [7, 11) is 0. The van der Waals surface area contributed by atoms with Gasteiger partial charge >= 0.3 is 0 Å². The lowest BCUT2D eigenvalue weighted by Gasteiger charge is -2.28. The van der Waals surface area contributed by atoms with Gasteiger partial charge in [-0.05, 0) is 58.5 Å². The summed E-state index contributed by atoms with van der Waals surface area (Å²) in [6.45, 7) is 8.15. The van der Waals surface area contributed by atoms with E-state index in [0.29, 0.717) is 6.04 Å². The second-order valence-corrected chi connectivity index (χ2v) is 7.14. The number of hydrogen-bond acceptors (Lipinski definition) is 3. The Morgan fingerprint density at radius 3 is 2.55 bits per heavy atom. The normalized spacial score (nSPS) is 16.7. The minimum absolute atomic E-state index is 0.665. The number of aryl methyl sites for hydroxylation is 1. The van der Waals surface area contributed by atoms with Gasteiger partial charge in [-0.1, -0.05) is 32.1 Å². The van der Waals surface area contributed by atoms with Crippen LogP contribution in [0.15, 0.2) is 12.7 Å². The molecule has 0 atom stereocenters. The molecule has 1 aromatic heterocycles. The molecule has 0 N–H and O–H groups in total. The Morgan fingerprint density at radius 1 is 1.09 bits per heavy atom. The number of hydrogen-bond donors (Lipinski definition) is 0. The van der Waals surface area contributed by atoms with Crippen LogP contribution >= 0.6 is 0 Å². The van der Waals surface area contributed by atoms with Gasteiger partial charge in [-0.25, -0.2) is 4.98 Å². The molecular weight excluding hydrogens is 272 g/mol. The van der Waals surface area contributed by atoms with Crippen LogP contribution in [0.2, 0.25) is 0 Å². The molecule has 0 bridgehead atoms. The molecule has 0 radical (unpaired) electrons. The van der Waals surface area contributed by atoms with E-state index in [-0.39, 0.29) is 0 Å². The van der Waals surface area contributed by atoms with Crippen LogP contribution in [-0.4, -0.2) is 38.8 Å². The standard InChI is InChI=1S/C18H34N4/c1-17(2)21(12-6-7-14-22-16-19-15-20-22)13-8-11-18-9-4-3-5-10-18/h15-18H,3-14H2,1-2H3. The van der Waals surface area contributed by atoms with Gasteiger partial charge in [-0.3, -0.25) is 4.68 Å². The third-order valence-electron chi connectivity index (χ3n) is 5.06. The zero-order valence-corrected chi connectivity index (χ0v) is 14.6. The van der Waals surface area contributed by atoms with Crippen molar-refractivity contribution in [3.8, 4) is 0 Å². The highest BCUT2D eigenvalue weighted by atomic mass is 15.3. The number of nitrogens with zero attached hydrogens (tertiary/aromatic N) is 4. The molecule has 0 unspecified atom stereocenters. The van der Waals surface area contributed by atoms with Crippen molar-refractivity contribution in [3.05, 3.63) is 12.7 Å². The maximum absolute atomic E-state index is 4.16. The van der Waals surface area contributed by atoms with Gasteiger partial charge in [-0.15, -0.1) is 0 Å². The summed E-state index contributed by atoms with van der Waals surface area (Å²) in [6, 6.07) is 0.665. The molecule has 22 heavy (non-hydrogen) atoms. The summed E-state index contributed by atoms with van der Waals surface area (Å²) in [4.78, 5) is 6.65. The number of aromatic nitrogens is 3.